The first-order chi connectivity index (χ1) is 11.1. The van der Waals surface area contributed by atoms with Crippen LogP contribution in [0.15, 0.2) is 53.6 Å². The first-order valence-corrected chi connectivity index (χ1v) is 7.82. The predicted molar refractivity (Wildman–Crippen MR) is 92.8 cm³/mol. The Morgan fingerprint density at radius 3 is 2.65 bits per heavy atom. The fraction of sp³-hybridized carbons (Fsp3) is 0.176. The molecule has 120 valence electrons. The van der Waals surface area contributed by atoms with Crippen LogP contribution in [0.2, 0.25) is 10.0 Å². The number of benzene rings is 2. The maximum absolute atomic E-state index is 11.7. The van der Waals surface area contributed by atoms with Crippen LogP contribution in [0.25, 0.3) is 0 Å². The van der Waals surface area contributed by atoms with Crippen molar-refractivity contribution in [3.8, 4) is 0 Å². The Morgan fingerprint density at radius 1 is 1.22 bits per heavy atom. The number of carbonyl (C=O) groups is 1. The van der Waals surface area contributed by atoms with Gasteiger partial charge in [0.25, 0.3) is 0 Å². The number of nitrogens with one attached hydrogen (secondary N) is 1. The third-order valence-electron chi connectivity index (χ3n) is 3.18. The average Bonchev–Trinajstić information content (AvgIpc) is 2.55. The van der Waals surface area contributed by atoms with E-state index >= 15 is 0 Å². The highest BCUT2D eigenvalue weighted by atomic mass is 35.5. The van der Waals surface area contributed by atoms with E-state index in [0.29, 0.717) is 22.0 Å². The molecule has 0 bridgehead atoms. The molecule has 0 heterocycles. The molecular weight excluding hydrogens is 335 g/mol. The Kier molecular flexibility index (Phi) is 6.59. The molecule has 2 N–H and O–H groups in total. The van der Waals surface area contributed by atoms with Crippen molar-refractivity contribution in [2.75, 3.05) is 0 Å². The Labute approximate surface area is 144 Å². The van der Waals surface area contributed by atoms with Crippen molar-refractivity contribution in [3.05, 3.63) is 69.7 Å². The molecule has 0 fully saturated rings. The molecule has 0 spiro atoms. The molecule has 2 aromatic rings. The molecule has 0 aromatic heterocycles. The maximum atomic E-state index is 11.7. The van der Waals surface area contributed by atoms with Crippen LogP contribution >= 0.6 is 23.2 Å². The van der Waals surface area contributed by atoms with E-state index in [0.717, 1.165) is 5.56 Å². The zero-order chi connectivity index (χ0) is 16.7. The molecular formula is C17H16Cl2N2O2. The van der Waals surface area contributed by atoms with Gasteiger partial charge in [0, 0.05) is 17.0 Å². The van der Waals surface area contributed by atoms with Crippen LogP contribution in [0.5, 0.6) is 0 Å². The first-order valence-electron chi connectivity index (χ1n) is 7.06. The van der Waals surface area contributed by atoms with Crippen LogP contribution in [-0.4, -0.2) is 17.2 Å². The summed E-state index contributed by atoms with van der Waals surface area (Å²) < 4.78 is 0. The Hall–Kier alpha value is -1.88. The second-order valence-corrected chi connectivity index (χ2v) is 5.77. The summed E-state index contributed by atoms with van der Waals surface area (Å²) in [5.41, 5.74) is 3.85. The number of carbonyl (C=O) groups excluding carboxylic acids is 1. The number of aliphatic hydroxyl groups excluding tert-OH is 1. The average molecular weight is 351 g/mol. The lowest BCUT2D eigenvalue weighted by Gasteiger charge is -2.09. The molecule has 2 aromatic carbocycles. The van der Waals surface area contributed by atoms with Gasteiger partial charge in [0.15, 0.2) is 0 Å². The summed E-state index contributed by atoms with van der Waals surface area (Å²) in [4.78, 5) is 11.7. The monoisotopic (exact) mass is 350 g/mol. The molecule has 1 atom stereocenters. The lowest BCUT2D eigenvalue weighted by molar-refractivity contribution is -0.121. The van der Waals surface area contributed by atoms with Gasteiger partial charge in [-0.15, -0.1) is 0 Å². The van der Waals surface area contributed by atoms with Crippen LogP contribution in [0.1, 0.15) is 30.1 Å². The van der Waals surface area contributed by atoms with Crippen molar-refractivity contribution in [2.24, 2.45) is 5.10 Å². The molecule has 1 amide bonds. The molecule has 4 nitrogen and oxygen atoms in total. The number of rotatable bonds is 6. The van der Waals surface area contributed by atoms with Gasteiger partial charge in [0.05, 0.1) is 17.3 Å². The van der Waals surface area contributed by atoms with Gasteiger partial charge in [-0.25, -0.2) is 5.43 Å². The minimum Gasteiger partial charge on any atom is -0.388 e. The van der Waals surface area contributed by atoms with E-state index in [4.69, 9.17) is 23.2 Å². The maximum Gasteiger partial charge on any atom is 0.240 e. The Balaban J connectivity index is 1.80. The summed E-state index contributed by atoms with van der Waals surface area (Å²) in [5, 5.41) is 14.8. The van der Waals surface area contributed by atoms with Gasteiger partial charge < -0.3 is 5.11 Å². The largest absolute Gasteiger partial charge is 0.388 e. The number of hydrazone groups is 1. The molecule has 0 saturated carbocycles. The lowest BCUT2D eigenvalue weighted by atomic mass is 10.1. The fourth-order valence-electron chi connectivity index (χ4n) is 1.95. The molecule has 6 heteroatoms. The molecule has 0 aliphatic heterocycles. The SMILES string of the molecule is O=C(CC[C@H](O)c1ccccc1)N/N=C\c1ccc(Cl)cc1Cl. The summed E-state index contributed by atoms with van der Waals surface area (Å²) in [6.07, 6.45) is 1.27. The molecule has 0 aliphatic rings. The molecule has 23 heavy (non-hydrogen) atoms. The summed E-state index contributed by atoms with van der Waals surface area (Å²) in [7, 11) is 0. The predicted octanol–water partition coefficient (Wildman–Crippen LogP) is 3.96. The van der Waals surface area contributed by atoms with Crippen LogP contribution < -0.4 is 5.43 Å². The van der Waals surface area contributed by atoms with Gasteiger partial charge in [-0.05, 0) is 24.1 Å². The van der Waals surface area contributed by atoms with Gasteiger partial charge in [0.2, 0.25) is 5.91 Å². The fourth-order valence-corrected chi connectivity index (χ4v) is 2.40. The normalized spacial score (nSPS) is 12.3. The number of hydrogen-bond donors (Lipinski definition) is 2. The first kappa shape index (κ1) is 17.5. The van der Waals surface area contributed by atoms with E-state index in [1.807, 2.05) is 30.3 Å². The zero-order valence-corrected chi connectivity index (χ0v) is 13.8. The summed E-state index contributed by atoms with van der Waals surface area (Å²) in [6, 6.07) is 14.2. The Bertz CT molecular complexity index is 690. The van der Waals surface area contributed by atoms with E-state index in [9.17, 15) is 9.90 Å². The minimum atomic E-state index is -0.670. The van der Waals surface area contributed by atoms with Crippen LogP contribution in [-0.2, 0) is 4.79 Å². The van der Waals surface area contributed by atoms with Crippen molar-refractivity contribution in [2.45, 2.75) is 18.9 Å². The van der Waals surface area contributed by atoms with Gasteiger partial charge in [-0.2, -0.15) is 5.10 Å². The number of halogens is 2. The van der Waals surface area contributed by atoms with Crippen LogP contribution in [0.4, 0.5) is 0 Å². The highest BCUT2D eigenvalue weighted by Gasteiger charge is 2.09. The zero-order valence-electron chi connectivity index (χ0n) is 12.2. The van der Waals surface area contributed by atoms with Crippen LogP contribution in [0.3, 0.4) is 0 Å². The minimum absolute atomic E-state index is 0.168. The van der Waals surface area contributed by atoms with Gasteiger partial charge in [0.1, 0.15) is 0 Å². The van der Waals surface area contributed by atoms with E-state index in [1.165, 1.54) is 6.21 Å². The molecule has 0 unspecified atom stereocenters. The molecule has 0 radical (unpaired) electrons. The van der Waals surface area contributed by atoms with E-state index in [2.05, 4.69) is 10.5 Å². The van der Waals surface area contributed by atoms with E-state index in [-0.39, 0.29) is 12.3 Å². The second-order valence-electron chi connectivity index (χ2n) is 4.92. The second kappa shape index (κ2) is 8.67. The van der Waals surface area contributed by atoms with E-state index in [1.54, 1.807) is 18.2 Å². The highest BCUT2D eigenvalue weighted by Crippen LogP contribution is 2.19. The smallest absolute Gasteiger partial charge is 0.240 e. The topological polar surface area (TPSA) is 61.7 Å². The number of nitrogens with zero attached hydrogens (tertiary/aromatic N) is 1. The summed E-state index contributed by atoms with van der Waals surface area (Å²) >= 11 is 11.8. The number of hydrogen-bond acceptors (Lipinski definition) is 3. The van der Waals surface area contributed by atoms with E-state index < -0.39 is 6.10 Å². The molecule has 0 saturated heterocycles. The molecule has 2 rings (SSSR count). The third-order valence-corrected chi connectivity index (χ3v) is 3.75. The van der Waals surface area contributed by atoms with Crippen molar-refractivity contribution in [1.29, 1.82) is 0 Å². The van der Waals surface area contributed by atoms with Gasteiger partial charge >= 0.3 is 0 Å². The number of aliphatic hydroxyl groups is 1. The quantitative estimate of drug-likeness (QED) is 0.611. The summed E-state index contributed by atoms with van der Waals surface area (Å²) in [6.45, 7) is 0. The van der Waals surface area contributed by atoms with Gasteiger partial charge in [-0.3, -0.25) is 4.79 Å². The standard InChI is InChI=1S/C17H16Cl2N2O2/c18-14-7-6-13(15(19)10-14)11-20-21-17(23)9-8-16(22)12-4-2-1-3-5-12/h1-7,10-11,16,22H,8-9H2,(H,21,23)/b20-11-/t16-/m0/s1. The van der Waals surface area contributed by atoms with Crippen molar-refractivity contribution in [1.82, 2.24) is 5.43 Å². The van der Waals surface area contributed by atoms with Crippen LogP contribution in [0, 0.1) is 0 Å². The lowest BCUT2D eigenvalue weighted by Crippen LogP contribution is -2.18. The summed E-state index contributed by atoms with van der Waals surface area (Å²) in [5.74, 6) is -0.277. The van der Waals surface area contributed by atoms with Crippen molar-refractivity contribution in [3.63, 3.8) is 0 Å². The third kappa shape index (κ3) is 5.67. The van der Waals surface area contributed by atoms with Crippen molar-refractivity contribution >= 4 is 35.3 Å². The number of amides is 1. The molecule has 0 aliphatic carbocycles. The highest BCUT2D eigenvalue weighted by molar-refractivity contribution is 6.36. The van der Waals surface area contributed by atoms with Crippen molar-refractivity contribution < 1.29 is 9.90 Å². The van der Waals surface area contributed by atoms with Gasteiger partial charge in [-0.1, -0.05) is 59.6 Å². The Morgan fingerprint density at radius 2 is 1.96 bits per heavy atom.